The number of amides is 3. The van der Waals surface area contributed by atoms with Gasteiger partial charge in [0.25, 0.3) is 0 Å². The minimum Gasteiger partial charge on any atom is -0.489 e. The quantitative estimate of drug-likeness (QED) is 0.243. The zero-order valence-corrected chi connectivity index (χ0v) is 26.8. The average molecular weight is 593 g/mol. The zero-order valence-electron chi connectivity index (χ0n) is 26.8. The molecule has 8 heteroatoms. The van der Waals surface area contributed by atoms with Gasteiger partial charge in [-0.2, -0.15) is 0 Å². The molecule has 3 amide bonds. The van der Waals surface area contributed by atoms with E-state index in [9.17, 15) is 14.4 Å². The third-order valence-corrected chi connectivity index (χ3v) is 7.91. The minimum absolute atomic E-state index is 0.120. The summed E-state index contributed by atoms with van der Waals surface area (Å²) in [4.78, 5) is 43.0. The highest BCUT2D eigenvalue weighted by Gasteiger charge is 2.29. The molecule has 2 aromatic rings. The molecule has 1 saturated heterocycles. The summed E-state index contributed by atoms with van der Waals surface area (Å²) in [6.07, 6.45) is 4.27. The lowest BCUT2D eigenvalue weighted by Crippen LogP contribution is -2.54. The highest BCUT2D eigenvalue weighted by molar-refractivity contribution is 5.90. The summed E-state index contributed by atoms with van der Waals surface area (Å²) >= 11 is 0. The molecule has 0 radical (unpaired) electrons. The Bertz CT molecular complexity index is 1140. The van der Waals surface area contributed by atoms with Crippen LogP contribution in [0.15, 0.2) is 54.6 Å². The number of carbonyl (C=O) groups excluding carboxylic acids is 3. The molecule has 43 heavy (non-hydrogen) atoms. The van der Waals surface area contributed by atoms with E-state index in [1.54, 1.807) is 0 Å². The van der Waals surface area contributed by atoms with Gasteiger partial charge in [0.05, 0.1) is 6.04 Å². The number of benzene rings is 2. The van der Waals surface area contributed by atoms with Crippen molar-refractivity contribution in [2.24, 2.45) is 11.8 Å². The Kier molecular flexibility index (Phi) is 14.0. The van der Waals surface area contributed by atoms with E-state index >= 15 is 0 Å². The second-order valence-electron chi connectivity index (χ2n) is 12.6. The second kappa shape index (κ2) is 17.7. The third kappa shape index (κ3) is 12.0. The first kappa shape index (κ1) is 34.1. The number of nitrogens with zero attached hydrogens (tertiary/aromatic N) is 2. The van der Waals surface area contributed by atoms with Crippen molar-refractivity contribution >= 4 is 17.7 Å². The van der Waals surface area contributed by atoms with Gasteiger partial charge < -0.3 is 20.3 Å². The summed E-state index contributed by atoms with van der Waals surface area (Å²) in [5.74, 6) is 1.48. The fourth-order valence-electron chi connectivity index (χ4n) is 5.27. The number of rotatable bonds is 18. The monoisotopic (exact) mass is 592 g/mol. The van der Waals surface area contributed by atoms with E-state index < -0.39 is 6.04 Å². The van der Waals surface area contributed by atoms with Crippen molar-refractivity contribution in [1.82, 2.24) is 20.4 Å². The molecule has 0 saturated carbocycles. The number of nitrogens with one attached hydrogen (secondary N) is 2. The molecule has 0 spiro atoms. The zero-order chi connectivity index (χ0) is 31.2. The Morgan fingerprint density at radius 1 is 0.953 bits per heavy atom. The molecule has 2 atom stereocenters. The summed E-state index contributed by atoms with van der Waals surface area (Å²) < 4.78 is 5.93. The van der Waals surface area contributed by atoms with E-state index in [1.165, 1.54) is 0 Å². The Morgan fingerprint density at radius 3 is 2.30 bits per heavy atom. The first-order chi connectivity index (χ1) is 20.6. The fraction of sp³-hybridized carbons (Fsp3) is 0.571. The smallest absolute Gasteiger partial charge is 0.242 e. The van der Waals surface area contributed by atoms with Gasteiger partial charge in [0.2, 0.25) is 17.7 Å². The number of hydrogen-bond donors (Lipinski definition) is 2. The lowest BCUT2D eigenvalue weighted by atomic mass is 9.99. The van der Waals surface area contributed by atoms with Crippen molar-refractivity contribution in [3.05, 3.63) is 65.7 Å². The van der Waals surface area contributed by atoms with E-state index in [2.05, 4.69) is 43.2 Å². The summed E-state index contributed by atoms with van der Waals surface area (Å²) in [6.45, 7) is 11.8. The van der Waals surface area contributed by atoms with Crippen LogP contribution in [0.1, 0.15) is 70.9 Å². The van der Waals surface area contributed by atoms with Crippen LogP contribution in [0.2, 0.25) is 0 Å². The molecule has 0 aliphatic carbocycles. The molecule has 3 rings (SSSR count). The topological polar surface area (TPSA) is 91.0 Å². The number of likely N-dealkylation sites (N-methyl/N-ethyl adjacent to an activating group) is 1. The van der Waals surface area contributed by atoms with Gasteiger partial charge in [0, 0.05) is 32.5 Å². The molecule has 2 N–H and O–H groups in total. The highest BCUT2D eigenvalue weighted by Crippen LogP contribution is 2.17. The standard InChI is InChI=1S/C35H52N4O4/c1-26(2)18-22-38(5)32(23-27(3)4)35(42)37-31(34(41)36-19-10-21-39-20-9-13-33(39)40)24-28-14-16-30(17-15-28)43-25-29-11-7-6-8-12-29/h6-8,11-12,14-17,26-27,31-32H,9-10,13,18-25H2,1-5H3,(H,36,41)(H,37,42)/t31-,32+/m0/s1. The Labute approximate surface area is 258 Å². The van der Waals surface area contributed by atoms with Crippen LogP contribution in [0.5, 0.6) is 5.75 Å². The lowest BCUT2D eigenvalue weighted by Gasteiger charge is -2.30. The number of carbonyl (C=O) groups is 3. The van der Waals surface area contributed by atoms with Crippen LogP contribution in [0.3, 0.4) is 0 Å². The van der Waals surface area contributed by atoms with E-state index in [-0.39, 0.29) is 23.8 Å². The molecule has 1 fully saturated rings. The third-order valence-electron chi connectivity index (χ3n) is 7.91. The normalized spacial score (nSPS) is 14.8. The van der Waals surface area contributed by atoms with Crippen molar-refractivity contribution in [3.63, 3.8) is 0 Å². The maximum Gasteiger partial charge on any atom is 0.242 e. The summed E-state index contributed by atoms with van der Waals surface area (Å²) in [5.41, 5.74) is 2.03. The predicted octanol–water partition coefficient (Wildman–Crippen LogP) is 4.81. The van der Waals surface area contributed by atoms with Crippen LogP contribution in [0.4, 0.5) is 0 Å². The molecule has 8 nitrogen and oxygen atoms in total. The lowest BCUT2D eigenvalue weighted by molar-refractivity contribution is -0.132. The minimum atomic E-state index is -0.717. The van der Waals surface area contributed by atoms with E-state index in [4.69, 9.17) is 4.74 Å². The SMILES string of the molecule is CC(C)CCN(C)[C@H](CC(C)C)C(=O)N[C@@H](Cc1ccc(OCc2ccccc2)cc1)C(=O)NCCCN1CCCC1=O. The molecule has 0 aromatic heterocycles. The van der Waals surface area contributed by atoms with Crippen molar-refractivity contribution < 1.29 is 19.1 Å². The van der Waals surface area contributed by atoms with Crippen LogP contribution in [0, 0.1) is 11.8 Å². The van der Waals surface area contributed by atoms with Gasteiger partial charge in [-0.3, -0.25) is 19.3 Å². The van der Waals surface area contributed by atoms with Gasteiger partial charge >= 0.3 is 0 Å². The van der Waals surface area contributed by atoms with Crippen molar-refractivity contribution in [2.45, 2.75) is 84.9 Å². The largest absolute Gasteiger partial charge is 0.489 e. The fourth-order valence-corrected chi connectivity index (χ4v) is 5.27. The molecule has 236 valence electrons. The molecule has 2 aromatic carbocycles. The first-order valence-corrected chi connectivity index (χ1v) is 15.9. The van der Waals surface area contributed by atoms with Gasteiger partial charge in [-0.15, -0.1) is 0 Å². The van der Waals surface area contributed by atoms with Crippen molar-refractivity contribution in [1.29, 1.82) is 0 Å². The number of ether oxygens (including phenoxy) is 1. The number of likely N-dealkylation sites (tertiary alicyclic amines) is 1. The number of hydrogen-bond acceptors (Lipinski definition) is 5. The van der Waals surface area contributed by atoms with Crippen molar-refractivity contribution in [3.8, 4) is 5.75 Å². The molecule has 0 unspecified atom stereocenters. The molecule has 1 heterocycles. The maximum atomic E-state index is 13.7. The molecular weight excluding hydrogens is 540 g/mol. The summed E-state index contributed by atoms with van der Waals surface area (Å²) in [6, 6.07) is 16.7. The average Bonchev–Trinajstić information content (AvgIpc) is 3.40. The van der Waals surface area contributed by atoms with E-state index in [0.717, 1.165) is 42.8 Å². The van der Waals surface area contributed by atoms with Crippen LogP contribution in [-0.2, 0) is 27.4 Å². The summed E-state index contributed by atoms with van der Waals surface area (Å²) in [5, 5.41) is 6.12. The molecule has 1 aliphatic heterocycles. The van der Waals surface area contributed by atoms with Crippen LogP contribution >= 0.6 is 0 Å². The van der Waals surface area contributed by atoms with Gasteiger partial charge in [0.15, 0.2) is 0 Å². The Hall–Kier alpha value is -3.39. The van der Waals surface area contributed by atoms with Crippen LogP contribution in [0.25, 0.3) is 0 Å². The predicted molar refractivity (Wildman–Crippen MR) is 172 cm³/mol. The highest BCUT2D eigenvalue weighted by atomic mass is 16.5. The molecular formula is C35H52N4O4. The first-order valence-electron chi connectivity index (χ1n) is 15.9. The van der Waals surface area contributed by atoms with Gasteiger partial charge in [-0.1, -0.05) is 70.2 Å². The maximum absolute atomic E-state index is 13.7. The van der Waals surface area contributed by atoms with E-state index in [1.807, 2.05) is 66.5 Å². The molecule has 1 aliphatic rings. The Balaban J connectivity index is 1.66. The van der Waals surface area contributed by atoms with Crippen molar-refractivity contribution in [2.75, 3.05) is 33.2 Å². The molecule has 0 bridgehead atoms. The summed E-state index contributed by atoms with van der Waals surface area (Å²) in [7, 11) is 2.00. The Morgan fingerprint density at radius 2 is 1.67 bits per heavy atom. The second-order valence-corrected chi connectivity index (χ2v) is 12.6. The van der Waals surface area contributed by atoms with Gasteiger partial charge in [-0.05, 0) is 74.4 Å². The van der Waals surface area contributed by atoms with Crippen LogP contribution in [-0.4, -0.2) is 72.8 Å². The van der Waals surface area contributed by atoms with Gasteiger partial charge in [-0.25, -0.2) is 0 Å². The van der Waals surface area contributed by atoms with E-state index in [0.29, 0.717) is 57.2 Å². The van der Waals surface area contributed by atoms with Crippen LogP contribution < -0.4 is 15.4 Å². The van der Waals surface area contributed by atoms with Gasteiger partial charge in [0.1, 0.15) is 18.4 Å².